The monoisotopic (exact) mass is 426 g/mol. The molecule has 168 valence electrons. The molecule has 8 heteroatoms. The molecule has 0 spiro atoms. The van der Waals surface area contributed by atoms with Crippen LogP contribution in [0.1, 0.15) is 37.6 Å². The molecule has 1 fully saturated rings. The first-order valence-corrected chi connectivity index (χ1v) is 10.8. The van der Waals surface area contributed by atoms with Gasteiger partial charge in [-0.2, -0.15) is 0 Å². The number of nitrogens with zero attached hydrogens (tertiary/aromatic N) is 4. The first-order valence-electron chi connectivity index (χ1n) is 10.8. The first kappa shape index (κ1) is 24.4. The molecule has 31 heavy (non-hydrogen) atoms. The number of benzene rings is 1. The average Bonchev–Trinajstić information content (AvgIpc) is 2.83. The molecular weight excluding hydrogens is 392 g/mol. The van der Waals surface area contributed by atoms with E-state index in [9.17, 15) is 9.59 Å². The third-order valence-corrected chi connectivity index (χ3v) is 5.06. The van der Waals surface area contributed by atoms with Crippen molar-refractivity contribution in [1.82, 2.24) is 25.1 Å². The van der Waals surface area contributed by atoms with Crippen LogP contribution >= 0.6 is 0 Å². The lowest BCUT2D eigenvalue weighted by molar-refractivity contribution is -0.132. The third kappa shape index (κ3) is 7.73. The maximum Gasteiger partial charge on any atom is 0.251 e. The van der Waals surface area contributed by atoms with Crippen molar-refractivity contribution >= 4 is 11.8 Å². The van der Waals surface area contributed by atoms with E-state index in [4.69, 9.17) is 5.73 Å². The van der Waals surface area contributed by atoms with Crippen LogP contribution in [0.25, 0.3) is 11.4 Å². The SMILES string of the molecule is CC(C)N1CCN(C(=O)CNC(=O)c2ccc(-c3ncccn3)cc2)CC1.CCCN. The summed E-state index contributed by atoms with van der Waals surface area (Å²) in [7, 11) is 0. The second kappa shape index (κ2) is 12.8. The summed E-state index contributed by atoms with van der Waals surface area (Å²) in [6, 6.07) is 9.28. The average molecular weight is 427 g/mol. The zero-order valence-corrected chi connectivity index (χ0v) is 18.8. The van der Waals surface area contributed by atoms with Crippen LogP contribution in [-0.4, -0.2) is 76.9 Å². The Balaban J connectivity index is 0.000000785. The molecule has 3 rings (SSSR count). The van der Waals surface area contributed by atoms with Crippen LogP contribution < -0.4 is 11.1 Å². The molecule has 2 amide bonds. The summed E-state index contributed by atoms with van der Waals surface area (Å²) in [6.45, 7) is 10.4. The second-order valence-electron chi connectivity index (χ2n) is 7.63. The molecular formula is C23H34N6O2. The van der Waals surface area contributed by atoms with Gasteiger partial charge in [-0.1, -0.05) is 19.1 Å². The highest BCUT2D eigenvalue weighted by molar-refractivity contribution is 5.96. The zero-order chi connectivity index (χ0) is 22.6. The van der Waals surface area contributed by atoms with E-state index in [1.54, 1.807) is 42.7 Å². The highest BCUT2D eigenvalue weighted by Crippen LogP contribution is 2.14. The summed E-state index contributed by atoms with van der Waals surface area (Å²) >= 11 is 0. The number of nitrogens with two attached hydrogens (primary N) is 1. The molecule has 1 aromatic carbocycles. The quantitative estimate of drug-likeness (QED) is 0.730. The molecule has 1 aromatic heterocycles. The summed E-state index contributed by atoms with van der Waals surface area (Å²) in [5, 5.41) is 2.71. The van der Waals surface area contributed by atoms with Crippen LogP contribution in [0.3, 0.4) is 0 Å². The highest BCUT2D eigenvalue weighted by atomic mass is 16.2. The molecule has 1 aliphatic heterocycles. The van der Waals surface area contributed by atoms with Crippen molar-refractivity contribution in [1.29, 1.82) is 0 Å². The second-order valence-corrected chi connectivity index (χ2v) is 7.63. The van der Waals surface area contributed by atoms with Crippen molar-refractivity contribution in [2.24, 2.45) is 5.73 Å². The Morgan fingerprint density at radius 3 is 2.16 bits per heavy atom. The minimum Gasteiger partial charge on any atom is -0.343 e. The number of piperazine rings is 1. The largest absolute Gasteiger partial charge is 0.343 e. The van der Waals surface area contributed by atoms with Crippen molar-refractivity contribution in [3.8, 4) is 11.4 Å². The van der Waals surface area contributed by atoms with Gasteiger partial charge in [0.25, 0.3) is 5.91 Å². The Morgan fingerprint density at radius 1 is 1.06 bits per heavy atom. The van der Waals surface area contributed by atoms with E-state index in [0.717, 1.165) is 31.6 Å². The van der Waals surface area contributed by atoms with E-state index in [0.29, 0.717) is 30.5 Å². The van der Waals surface area contributed by atoms with Gasteiger partial charge in [0.15, 0.2) is 5.82 Å². The fourth-order valence-electron chi connectivity index (χ4n) is 3.08. The van der Waals surface area contributed by atoms with Crippen LogP contribution in [0.2, 0.25) is 0 Å². The van der Waals surface area contributed by atoms with Gasteiger partial charge in [0.05, 0.1) is 6.54 Å². The molecule has 0 saturated carbocycles. The Bertz CT molecular complexity index is 801. The molecule has 0 unspecified atom stereocenters. The Morgan fingerprint density at radius 2 is 1.65 bits per heavy atom. The van der Waals surface area contributed by atoms with Gasteiger partial charge in [-0.25, -0.2) is 9.97 Å². The normalized spacial score (nSPS) is 14.0. The lowest BCUT2D eigenvalue weighted by Gasteiger charge is -2.36. The molecule has 2 aromatic rings. The first-order chi connectivity index (χ1) is 15.0. The molecule has 0 radical (unpaired) electrons. The number of rotatable bonds is 6. The van der Waals surface area contributed by atoms with E-state index >= 15 is 0 Å². The van der Waals surface area contributed by atoms with Gasteiger partial charge in [-0.15, -0.1) is 0 Å². The number of carbonyl (C=O) groups excluding carboxylic acids is 2. The Hall–Kier alpha value is -2.84. The summed E-state index contributed by atoms with van der Waals surface area (Å²) in [5.74, 6) is 0.311. The number of amides is 2. The van der Waals surface area contributed by atoms with E-state index in [1.807, 2.05) is 4.90 Å². The maximum atomic E-state index is 12.3. The summed E-state index contributed by atoms with van der Waals surface area (Å²) < 4.78 is 0. The molecule has 0 bridgehead atoms. The third-order valence-electron chi connectivity index (χ3n) is 5.06. The Kier molecular flexibility index (Phi) is 10.1. The molecule has 1 saturated heterocycles. The summed E-state index contributed by atoms with van der Waals surface area (Å²) in [4.78, 5) is 37.2. The van der Waals surface area contributed by atoms with Gasteiger partial charge in [-0.05, 0) is 45.0 Å². The zero-order valence-electron chi connectivity index (χ0n) is 18.8. The Labute approximate surface area is 184 Å². The topological polar surface area (TPSA) is 104 Å². The van der Waals surface area contributed by atoms with Gasteiger partial charge in [-0.3, -0.25) is 14.5 Å². The number of nitrogens with one attached hydrogen (secondary N) is 1. The molecule has 2 heterocycles. The molecule has 1 aliphatic rings. The van der Waals surface area contributed by atoms with Crippen molar-refractivity contribution in [3.63, 3.8) is 0 Å². The summed E-state index contributed by atoms with van der Waals surface area (Å²) in [6.07, 6.45) is 4.45. The molecule has 0 atom stereocenters. The van der Waals surface area contributed by atoms with Gasteiger partial charge in [0, 0.05) is 55.7 Å². The fraction of sp³-hybridized carbons (Fsp3) is 0.478. The number of hydrogen-bond acceptors (Lipinski definition) is 6. The summed E-state index contributed by atoms with van der Waals surface area (Å²) in [5.41, 5.74) is 6.37. The van der Waals surface area contributed by atoms with Gasteiger partial charge >= 0.3 is 0 Å². The smallest absolute Gasteiger partial charge is 0.251 e. The molecule has 8 nitrogen and oxygen atoms in total. The van der Waals surface area contributed by atoms with E-state index in [-0.39, 0.29) is 18.4 Å². The number of hydrogen-bond donors (Lipinski definition) is 2. The van der Waals surface area contributed by atoms with Crippen molar-refractivity contribution < 1.29 is 9.59 Å². The number of aromatic nitrogens is 2. The van der Waals surface area contributed by atoms with Crippen molar-refractivity contribution in [2.45, 2.75) is 33.2 Å². The predicted molar refractivity (Wildman–Crippen MR) is 122 cm³/mol. The van der Waals surface area contributed by atoms with E-state index in [1.165, 1.54) is 0 Å². The fourth-order valence-corrected chi connectivity index (χ4v) is 3.08. The lowest BCUT2D eigenvalue weighted by Crippen LogP contribution is -2.52. The van der Waals surface area contributed by atoms with Crippen LogP contribution in [0, 0.1) is 0 Å². The van der Waals surface area contributed by atoms with E-state index < -0.39 is 0 Å². The van der Waals surface area contributed by atoms with Crippen LogP contribution in [0.4, 0.5) is 0 Å². The maximum absolute atomic E-state index is 12.3. The van der Waals surface area contributed by atoms with Crippen LogP contribution in [0.5, 0.6) is 0 Å². The van der Waals surface area contributed by atoms with E-state index in [2.05, 4.69) is 41.0 Å². The van der Waals surface area contributed by atoms with Gasteiger partial charge in [0.2, 0.25) is 5.91 Å². The van der Waals surface area contributed by atoms with Crippen LogP contribution in [-0.2, 0) is 4.79 Å². The minimum absolute atomic E-state index is 0.0179. The standard InChI is InChI=1S/C20H25N5O2.C3H9N/c1-15(2)24-10-12-25(13-11-24)18(26)14-23-20(27)17-6-4-16(5-7-17)19-21-8-3-9-22-19;1-2-3-4/h3-9,15H,10-14H2,1-2H3,(H,23,27);2-4H2,1H3. The van der Waals surface area contributed by atoms with Gasteiger partial charge < -0.3 is 16.0 Å². The lowest BCUT2D eigenvalue weighted by atomic mass is 10.1. The minimum atomic E-state index is -0.260. The predicted octanol–water partition coefficient (Wildman–Crippen LogP) is 1.78. The van der Waals surface area contributed by atoms with Gasteiger partial charge in [0.1, 0.15) is 0 Å². The molecule has 0 aliphatic carbocycles. The van der Waals surface area contributed by atoms with Crippen molar-refractivity contribution in [2.75, 3.05) is 39.3 Å². The van der Waals surface area contributed by atoms with Crippen LogP contribution in [0.15, 0.2) is 42.7 Å². The number of carbonyl (C=O) groups is 2. The van der Waals surface area contributed by atoms with Crippen molar-refractivity contribution in [3.05, 3.63) is 48.3 Å². The highest BCUT2D eigenvalue weighted by Gasteiger charge is 2.22. The molecule has 3 N–H and O–H groups in total.